The van der Waals surface area contributed by atoms with Gasteiger partial charge in [-0.2, -0.15) is 0 Å². The first kappa shape index (κ1) is 9.32. The molecule has 0 saturated carbocycles. The van der Waals surface area contributed by atoms with Gasteiger partial charge in [0.2, 0.25) is 0 Å². The summed E-state index contributed by atoms with van der Waals surface area (Å²) in [6.07, 6.45) is -0.332. The Labute approximate surface area is 72.7 Å². The molecule has 4 heteroatoms. The largest absolute Gasteiger partial charge is 0.444 e. The van der Waals surface area contributed by atoms with Gasteiger partial charge in [0.15, 0.2) is 0 Å². The molecule has 0 aromatic rings. The second-order valence-corrected chi connectivity index (χ2v) is 3.42. The summed E-state index contributed by atoms with van der Waals surface area (Å²) < 4.78 is 4.92. The highest BCUT2D eigenvalue weighted by Crippen LogP contribution is 2.06. The van der Waals surface area contributed by atoms with Gasteiger partial charge in [0.1, 0.15) is 6.10 Å². The molecular formula is C8H16N2O2. The van der Waals surface area contributed by atoms with E-state index in [1.54, 1.807) is 0 Å². The minimum Gasteiger partial charge on any atom is -0.444 e. The van der Waals surface area contributed by atoms with Crippen LogP contribution in [0.15, 0.2) is 0 Å². The van der Waals surface area contributed by atoms with E-state index in [-0.39, 0.29) is 18.2 Å². The average Bonchev–Trinajstić information content (AvgIpc) is 2.26. The van der Waals surface area contributed by atoms with Gasteiger partial charge in [-0.1, -0.05) is 13.8 Å². The van der Waals surface area contributed by atoms with Crippen molar-refractivity contribution in [3.05, 3.63) is 0 Å². The maximum atomic E-state index is 10.7. The summed E-state index contributed by atoms with van der Waals surface area (Å²) in [5.74, 6) is 0. The van der Waals surface area contributed by atoms with E-state index in [0.29, 0.717) is 6.04 Å². The first-order valence-electron chi connectivity index (χ1n) is 4.30. The first-order valence-corrected chi connectivity index (χ1v) is 4.30. The van der Waals surface area contributed by atoms with Crippen LogP contribution in [0.2, 0.25) is 0 Å². The summed E-state index contributed by atoms with van der Waals surface area (Å²) in [5, 5.41) is 5.98. The smallest absolute Gasteiger partial charge is 0.407 e. The lowest BCUT2D eigenvalue weighted by Crippen LogP contribution is -2.42. The molecule has 0 aromatic carbocycles. The van der Waals surface area contributed by atoms with Crippen LogP contribution in [-0.2, 0) is 4.74 Å². The Hall–Kier alpha value is -0.770. The van der Waals surface area contributed by atoms with E-state index in [1.807, 2.05) is 6.92 Å². The predicted octanol–water partition coefficient (Wildman–Crippen LogP) is 0.481. The van der Waals surface area contributed by atoms with Crippen LogP contribution in [0.5, 0.6) is 0 Å². The van der Waals surface area contributed by atoms with Gasteiger partial charge < -0.3 is 15.4 Å². The summed E-state index contributed by atoms with van der Waals surface area (Å²) in [7, 11) is 0. The fraction of sp³-hybridized carbons (Fsp3) is 0.875. The highest BCUT2D eigenvalue weighted by atomic mass is 16.6. The lowest BCUT2D eigenvalue weighted by Gasteiger charge is -2.15. The maximum absolute atomic E-state index is 10.7. The topological polar surface area (TPSA) is 50.4 Å². The lowest BCUT2D eigenvalue weighted by molar-refractivity contribution is 0.140. The van der Waals surface area contributed by atoms with Crippen LogP contribution >= 0.6 is 0 Å². The molecule has 0 radical (unpaired) electrons. The van der Waals surface area contributed by atoms with E-state index in [0.717, 1.165) is 6.54 Å². The number of rotatable bonds is 3. The van der Waals surface area contributed by atoms with E-state index >= 15 is 0 Å². The van der Waals surface area contributed by atoms with Crippen LogP contribution < -0.4 is 10.6 Å². The first-order chi connectivity index (χ1) is 5.59. The number of carbonyl (C=O) groups is 1. The van der Waals surface area contributed by atoms with Crippen molar-refractivity contribution < 1.29 is 9.53 Å². The predicted molar refractivity (Wildman–Crippen MR) is 46.0 cm³/mol. The van der Waals surface area contributed by atoms with E-state index in [2.05, 4.69) is 24.5 Å². The zero-order valence-corrected chi connectivity index (χ0v) is 7.76. The van der Waals surface area contributed by atoms with Crippen molar-refractivity contribution in [3.8, 4) is 0 Å². The zero-order chi connectivity index (χ0) is 9.14. The molecule has 12 heavy (non-hydrogen) atoms. The maximum Gasteiger partial charge on any atom is 0.407 e. The molecule has 4 nitrogen and oxygen atoms in total. The van der Waals surface area contributed by atoms with Crippen LogP contribution in [0.1, 0.15) is 20.8 Å². The molecule has 2 atom stereocenters. The van der Waals surface area contributed by atoms with Crippen molar-refractivity contribution in [2.24, 2.45) is 0 Å². The lowest BCUT2D eigenvalue weighted by atomic mass is 10.2. The normalized spacial score (nSPS) is 28.8. The number of ether oxygens (including phenoxy) is 1. The molecule has 1 fully saturated rings. The van der Waals surface area contributed by atoms with E-state index < -0.39 is 0 Å². The van der Waals surface area contributed by atoms with Crippen LogP contribution in [-0.4, -0.2) is 30.8 Å². The van der Waals surface area contributed by atoms with Crippen molar-refractivity contribution in [3.63, 3.8) is 0 Å². The van der Waals surface area contributed by atoms with Crippen molar-refractivity contribution in [1.29, 1.82) is 0 Å². The quantitative estimate of drug-likeness (QED) is 0.651. The molecule has 2 N–H and O–H groups in total. The Kier molecular flexibility index (Phi) is 2.92. The second-order valence-electron chi connectivity index (χ2n) is 3.42. The minimum atomic E-state index is -0.307. The van der Waals surface area contributed by atoms with Crippen LogP contribution in [0.3, 0.4) is 0 Å². The monoisotopic (exact) mass is 172 g/mol. The molecule has 70 valence electrons. The fourth-order valence-electron chi connectivity index (χ4n) is 1.13. The Balaban J connectivity index is 2.28. The van der Waals surface area contributed by atoms with Crippen molar-refractivity contribution >= 4 is 6.09 Å². The van der Waals surface area contributed by atoms with Gasteiger partial charge in [0, 0.05) is 12.6 Å². The van der Waals surface area contributed by atoms with Gasteiger partial charge in [-0.3, -0.25) is 0 Å². The summed E-state index contributed by atoms with van der Waals surface area (Å²) in [6.45, 7) is 6.81. The number of hydrogen-bond donors (Lipinski definition) is 2. The van der Waals surface area contributed by atoms with Gasteiger partial charge in [-0.05, 0) is 6.92 Å². The van der Waals surface area contributed by atoms with Gasteiger partial charge in [0.05, 0.1) is 6.04 Å². The van der Waals surface area contributed by atoms with Crippen LogP contribution in [0.25, 0.3) is 0 Å². The number of alkyl carbamates (subject to hydrolysis) is 1. The third-order valence-electron chi connectivity index (χ3n) is 1.91. The van der Waals surface area contributed by atoms with Gasteiger partial charge in [-0.15, -0.1) is 0 Å². The molecule has 0 spiro atoms. The average molecular weight is 172 g/mol. The standard InChI is InChI=1S/C8H16N2O2/c1-5(2)9-4-7-6(3)12-8(11)10-7/h5-7,9H,4H2,1-3H3,(H,10,11). The molecule has 0 aliphatic carbocycles. The van der Waals surface area contributed by atoms with Crippen molar-refractivity contribution in [2.75, 3.05) is 6.54 Å². The molecule has 1 saturated heterocycles. The number of hydrogen-bond acceptors (Lipinski definition) is 3. The molecule has 1 amide bonds. The summed E-state index contributed by atoms with van der Waals surface area (Å²) in [4.78, 5) is 10.7. The van der Waals surface area contributed by atoms with Gasteiger partial charge in [0.25, 0.3) is 0 Å². The minimum absolute atomic E-state index is 0.0243. The van der Waals surface area contributed by atoms with Crippen LogP contribution in [0.4, 0.5) is 4.79 Å². The third-order valence-corrected chi connectivity index (χ3v) is 1.91. The summed E-state index contributed by atoms with van der Waals surface area (Å²) in [5.41, 5.74) is 0. The molecule has 1 heterocycles. The molecule has 1 rings (SSSR count). The number of amides is 1. The number of carbonyl (C=O) groups excluding carboxylic acids is 1. The Morgan fingerprint density at radius 1 is 1.67 bits per heavy atom. The van der Waals surface area contributed by atoms with Gasteiger partial charge >= 0.3 is 6.09 Å². The molecule has 0 aromatic heterocycles. The van der Waals surface area contributed by atoms with Crippen LogP contribution in [0, 0.1) is 0 Å². The third kappa shape index (κ3) is 2.37. The highest BCUT2D eigenvalue weighted by Gasteiger charge is 2.29. The van der Waals surface area contributed by atoms with Gasteiger partial charge in [-0.25, -0.2) is 4.79 Å². The van der Waals surface area contributed by atoms with Crippen molar-refractivity contribution in [1.82, 2.24) is 10.6 Å². The molecular weight excluding hydrogens is 156 g/mol. The number of nitrogens with one attached hydrogen (secondary N) is 2. The molecule has 2 unspecified atom stereocenters. The van der Waals surface area contributed by atoms with E-state index in [4.69, 9.17) is 4.74 Å². The van der Waals surface area contributed by atoms with E-state index in [9.17, 15) is 4.79 Å². The Morgan fingerprint density at radius 3 is 2.75 bits per heavy atom. The fourth-order valence-corrected chi connectivity index (χ4v) is 1.13. The Morgan fingerprint density at radius 2 is 2.33 bits per heavy atom. The summed E-state index contributed by atoms with van der Waals surface area (Å²) in [6, 6.07) is 0.551. The summed E-state index contributed by atoms with van der Waals surface area (Å²) >= 11 is 0. The highest BCUT2D eigenvalue weighted by molar-refractivity contribution is 5.70. The SMILES string of the molecule is CC(C)NCC1NC(=O)OC1C. The zero-order valence-electron chi connectivity index (χ0n) is 7.76. The second kappa shape index (κ2) is 3.76. The van der Waals surface area contributed by atoms with Crippen molar-refractivity contribution in [2.45, 2.75) is 39.0 Å². The molecule has 1 aliphatic heterocycles. The number of cyclic esters (lactones) is 1. The van der Waals surface area contributed by atoms with E-state index in [1.165, 1.54) is 0 Å². The molecule has 0 bridgehead atoms. The Bertz CT molecular complexity index is 170. The molecule has 1 aliphatic rings.